The van der Waals surface area contributed by atoms with E-state index in [0.29, 0.717) is 11.5 Å². The van der Waals surface area contributed by atoms with Gasteiger partial charge in [0, 0.05) is 11.9 Å². The fraction of sp³-hybridized carbons (Fsp3) is 0.348. The Morgan fingerprint density at radius 2 is 2.06 bits per heavy atom. The van der Waals surface area contributed by atoms with Crippen molar-refractivity contribution in [1.82, 2.24) is 15.5 Å². The van der Waals surface area contributed by atoms with E-state index in [9.17, 15) is 9.18 Å². The molecule has 0 saturated heterocycles. The van der Waals surface area contributed by atoms with E-state index in [0.717, 1.165) is 29.5 Å². The van der Waals surface area contributed by atoms with Gasteiger partial charge in [0.2, 0.25) is 11.7 Å². The third-order valence-corrected chi connectivity index (χ3v) is 5.25. The van der Waals surface area contributed by atoms with Crippen LogP contribution in [0.4, 0.5) is 9.18 Å². The van der Waals surface area contributed by atoms with E-state index in [1.165, 1.54) is 6.07 Å². The summed E-state index contributed by atoms with van der Waals surface area (Å²) < 4.78 is 25.3. The molecule has 0 spiro atoms. The number of nitrogens with zero attached hydrogens (tertiary/aromatic N) is 2. The van der Waals surface area contributed by atoms with E-state index in [2.05, 4.69) is 15.5 Å². The number of aryl methyl sites for hydroxylation is 2. The van der Waals surface area contributed by atoms with Crippen molar-refractivity contribution in [3.63, 3.8) is 0 Å². The van der Waals surface area contributed by atoms with Crippen molar-refractivity contribution >= 4 is 17.7 Å². The van der Waals surface area contributed by atoms with Gasteiger partial charge in [0.15, 0.2) is 0 Å². The zero-order chi connectivity index (χ0) is 22.3. The SMILES string of the molecule is Cc1nc(-c2c(F)cc(Cl)cc2-c2ccc3c(c2)CC[C@@H]3NC(=O)OC(C)(C)C)no1. The molecule has 1 aliphatic rings. The van der Waals surface area contributed by atoms with Gasteiger partial charge < -0.3 is 14.6 Å². The summed E-state index contributed by atoms with van der Waals surface area (Å²) in [5.74, 6) is 0.000198. The molecule has 1 heterocycles. The summed E-state index contributed by atoms with van der Waals surface area (Å²) in [4.78, 5) is 16.4. The average Bonchev–Trinajstić information content (AvgIpc) is 3.25. The highest BCUT2D eigenvalue weighted by atomic mass is 35.5. The fourth-order valence-electron chi connectivity index (χ4n) is 3.81. The lowest BCUT2D eigenvalue weighted by Gasteiger charge is -2.22. The first-order chi connectivity index (χ1) is 14.6. The van der Waals surface area contributed by atoms with Crippen LogP contribution in [-0.2, 0) is 11.2 Å². The van der Waals surface area contributed by atoms with E-state index in [1.54, 1.807) is 13.0 Å². The van der Waals surface area contributed by atoms with Crippen LogP contribution in [0.3, 0.4) is 0 Å². The zero-order valence-corrected chi connectivity index (χ0v) is 18.5. The van der Waals surface area contributed by atoms with Gasteiger partial charge in [-0.25, -0.2) is 9.18 Å². The van der Waals surface area contributed by atoms with Gasteiger partial charge in [0.05, 0.1) is 11.6 Å². The van der Waals surface area contributed by atoms with Crippen LogP contribution in [0.5, 0.6) is 0 Å². The molecule has 2 aromatic carbocycles. The topological polar surface area (TPSA) is 77.2 Å². The van der Waals surface area contributed by atoms with Gasteiger partial charge in [0.1, 0.15) is 11.4 Å². The smallest absolute Gasteiger partial charge is 0.408 e. The zero-order valence-electron chi connectivity index (χ0n) is 17.8. The normalized spacial score (nSPS) is 15.6. The van der Waals surface area contributed by atoms with Crippen molar-refractivity contribution < 1.29 is 18.4 Å². The van der Waals surface area contributed by atoms with Crippen LogP contribution in [0.25, 0.3) is 22.5 Å². The second-order valence-electron chi connectivity index (χ2n) is 8.60. The number of nitrogens with one attached hydrogen (secondary N) is 1. The summed E-state index contributed by atoms with van der Waals surface area (Å²) in [6.07, 6.45) is 1.10. The largest absolute Gasteiger partial charge is 0.444 e. The summed E-state index contributed by atoms with van der Waals surface area (Å²) >= 11 is 6.15. The maximum absolute atomic E-state index is 14.8. The minimum atomic E-state index is -0.560. The van der Waals surface area contributed by atoms with Crippen LogP contribution in [-0.4, -0.2) is 21.8 Å². The third-order valence-electron chi connectivity index (χ3n) is 5.03. The number of alkyl carbamates (subject to hydrolysis) is 1. The summed E-state index contributed by atoms with van der Waals surface area (Å²) in [5, 5.41) is 7.09. The molecular weight excluding hydrogens is 421 g/mol. The molecule has 4 rings (SSSR count). The van der Waals surface area contributed by atoms with Crippen LogP contribution in [0.2, 0.25) is 5.02 Å². The molecule has 0 fully saturated rings. The summed E-state index contributed by atoms with van der Waals surface area (Å²) in [6.45, 7) is 7.13. The Bertz CT molecular complexity index is 1150. The van der Waals surface area contributed by atoms with Gasteiger partial charge >= 0.3 is 6.09 Å². The molecule has 0 radical (unpaired) electrons. The van der Waals surface area contributed by atoms with E-state index < -0.39 is 17.5 Å². The Kier molecular flexibility index (Phi) is 5.47. The summed E-state index contributed by atoms with van der Waals surface area (Å²) in [5.41, 5.74) is 3.15. The first kappa shape index (κ1) is 21.3. The van der Waals surface area contributed by atoms with E-state index in [-0.39, 0.29) is 22.5 Å². The number of aromatic nitrogens is 2. The molecule has 0 unspecified atom stereocenters. The second-order valence-corrected chi connectivity index (χ2v) is 9.03. The number of amides is 1. The van der Waals surface area contributed by atoms with E-state index in [4.69, 9.17) is 20.9 Å². The Labute approximate surface area is 184 Å². The predicted molar refractivity (Wildman–Crippen MR) is 115 cm³/mol. The highest BCUT2D eigenvalue weighted by Crippen LogP contribution is 2.39. The monoisotopic (exact) mass is 443 g/mol. The minimum absolute atomic E-state index is 0.130. The lowest BCUT2D eigenvalue weighted by molar-refractivity contribution is 0.0503. The molecule has 162 valence electrons. The number of fused-ring (bicyclic) bond motifs is 1. The third kappa shape index (κ3) is 4.56. The summed E-state index contributed by atoms with van der Waals surface area (Å²) in [7, 11) is 0. The molecule has 1 atom stereocenters. The van der Waals surface area contributed by atoms with E-state index in [1.807, 2.05) is 39.0 Å². The van der Waals surface area contributed by atoms with Gasteiger partial charge in [-0.1, -0.05) is 35.0 Å². The number of benzene rings is 2. The number of rotatable bonds is 3. The van der Waals surface area contributed by atoms with Gasteiger partial charge in [-0.3, -0.25) is 0 Å². The fourth-order valence-corrected chi connectivity index (χ4v) is 4.02. The first-order valence-electron chi connectivity index (χ1n) is 10.0. The number of halogens is 2. The van der Waals surface area contributed by atoms with Crippen LogP contribution >= 0.6 is 11.6 Å². The van der Waals surface area contributed by atoms with Crippen LogP contribution in [0.1, 0.15) is 50.3 Å². The number of hydrogen-bond donors (Lipinski definition) is 1. The van der Waals surface area contributed by atoms with Gasteiger partial charge in [-0.2, -0.15) is 4.98 Å². The number of hydrogen-bond acceptors (Lipinski definition) is 5. The van der Waals surface area contributed by atoms with Crippen LogP contribution in [0, 0.1) is 12.7 Å². The van der Waals surface area contributed by atoms with Gasteiger partial charge in [0.25, 0.3) is 0 Å². The van der Waals surface area contributed by atoms with E-state index >= 15 is 0 Å². The molecule has 31 heavy (non-hydrogen) atoms. The molecule has 0 bridgehead atoms. The van der Waals surface area contributed by atoms with Crippen molar-refractivity contribution in [3.05, 3.63) is 58.2 Å². The molecular formula is C23H23ClFN3O3. The number of carbonyl (C=O) groups is 1. The standard InChI is InChI=1S/C23H23ClFN3O3/c1-12-26-21(28-31-12)20-17(10-15(24)11-18(20)25)14-5-7-16-13(9-14)6-8-19(16)27-22(29)30-23(2,3)4/h5,7,9-11,19H,6,8H2,1-4H3,(H,27,29)/t19-/m0/s1. The molecule has 0 saturated carbocycles. The number of carbonyl (C=O) groups excluding carboxylic acids is 1. The Balaban J connectivity index is 1.67. The highest BCUT2D eigenvalue weighted by Gasteiger charge is 2.27. The summed E-state index contributed by atoms with van der Waals surface area (Å²) in [6, 6.07) is 8.63. The maximum atomic E-state index is 14.8. The van der Waals surface area contributed by atoms with Gasteiger partial charge in [-0.15, -0.1) is 0 Å². The molecule has 3 aromatic rings. The minimum Gasteiger partial charge on any atom is -0.444 e. The van der Waals surface area contributed by atoms with Crippen molar-refractivity contribution in [2.24, 2.45) is 0 Å². The van der Waals surface area contributed by atoms with Crippen molar-refractivity contribution in [2.75, 3.05) is 0 Å². The van der Waals surface area contributed by atoms with Crippen molar-refractivity contribution in [1.29, 1.82) is 0 Å². The molecule has 1 aromatic heterocycles. The second kappa shape index (κ2) is 7.96. The molecule has 6 nitrogen and oxygen atoms in total. The molecule has 0 aliphatic heterocycles. The van der Waals surface area contributed by atoms with Crippen LogP contribution in [0.15, 0.2) is 34.9 Å². The predicted octanol–water partition coefficient (Wildman–Crippen LogP) is 6.02. The molecule has 1 aliphatic carbocycles. The Hall–Kier alpha value is -2.93. The highest BCUT2D eigenvalue weighted by molar-refractivity contribution is 6.31. The Morgan fingerprint density at radius 3 is 2.74 bits per heavy atom. The lowest BCUT2D eigenvalue weighted by Crippen LogP contribution is -2.34. The molecule has 1 N–H and O–H groups in total. The average molecular weight is 444 g/mol. The van der Waals surface area contributed by atoms with Gasteiger partial charge in [-0.05, 0) is 68.0 Å². The van der Waals surface area contributed by atoms with Crippen molar-refractivity contribution in [3.8, 4) is 22.5 Å². The number of ether oxygens (including phenoxy) is 1. The van der Waals surface area contributed by atoms with Crippen molar-refractivity contribution in [2.45, 2.75) is 52.2 Å². The quantitative estimate of drug-likeness (QED) is 0.535. The Morgan fingerprint density at radius 1 is 1.29 bits per heavy atom. The lowest BCUT2D eigenvalue weighted by atomic mass is 9.95. The first-order valence-corrected chi connectivity index (χ1v) is 10.4. The molecule has 1 amide bonds. The maximum Gasteiger partial charge on any atom is 0.408 e. The molecule has 8 heteroatoms. The van der Waals surface area contributed by atoms with Crippen LogP contribution < -0.4 is 5.32 Å².